The Labute approximate surface area is 116 Å². The van der Waals surface area contributed by atoms with Gasteiger partial charge in [0.15, 0.2) is 0 Å². The van der Waals surface area contributed by atoms with Crippen LogP contribution in [0.1, 0.15) is 5.56 Å². The van der Waals surface area contributed by atoms with Gasteiger partial charge in [0, 0.05) is 20.6 Å². The largest absolute Gasteiger partial charge is 0.350 e. The zero-order chi connectivity index (χ0) is 14.5. The molecule has 0 radical (unpaired) electrons. The number of nitrogens with one attached hydrogen (secondary N) is 2. The maximum Gasteiger partial charge on any atom is 0.243 e. The molecule has 4 N–H and O–H groups in total. The highest BCUT2D eigenvalue weighted by atomic mass is 19.1. The van der Waals surface area contributed by atoms with Crippen LogP contribution in [-0.4, -0.2) is 29.0 Å². The van der Waals surface area contributed by atoms with Crippen LogP contribution < -0.4 is 21.5 Å². The number of aromatic nitrogens is 3. The lowest BCUT2D eigenvalue weighted by Gasteiger charge is -2.13. The molecule has 1 aromatic carbocycles. The summed E-state index contributed by atoms with van der Waals surface area (Å²) in [6.45, 7) is 0.473. The van der Waals surface area contributed by atoms with Gasteiger partial charge in [-0.25, -0.2) is 10.2 Å². The third-order valence-electron chi connectivity index (χ3n) is 2.52. The minimum absolute atomic E-state index is 0.265. The molecule has 1 heterocycles. The molecule has 0 bridgehead atoms. The molecule has 2 aromatic rings. The van der Waals surface area contributed by atoms with Crippen LogP contribution in [0.2, 0.25) is 0 Å². The first kappa shape index (κ1) is 13.9. The number of hydrogen-bond acceptors (Lipinski definition) is 7. The lowest BCUT2D eigenvalue weighted by Crippen LogP contribution is -2.19. The Morgan fingerprint density at radius 2 is 1.75 bits per heavy atom. The van der Waals surface area contributed by atoms with Crippen molar-refractivity contribution in [3.8, 4) is 0 Å². The van der Waals surface area contributed by atoms with Crippen LogP contribution in [-0.2, 0) is 6.54 Å². The van der Waals surface area contributed by atoms with Crippen molar-refractivity contribution < 1.29 is 4.39 Å². The molecule has 0 aliphatic rings. The molecule has 0 unspecified atom stereocenters. The van der Waals surface area contributed by atoms with Crippen LogP contribution in [0.3, 0.4) is 0 Å². The van der Waals surface area contributed by atoms with Gasteiger partial charge in [-0.1, -0.05) is 12.1 Å². The highest BCUT2D eigenvalue weighted by molar-refractivity contribution is 5.42. The molecule has 0 saturated heterocycles. The molecule has 8 heteroatoms. The van der Waals surface area contributed by atoms with Crippen LogP contribution in [0.4, 0.5) is 22.2 Å². The van der Waals surface area contributed by atoms with Gasteiger partial charge >= 0.3 is 0 Å². The van der Waals surface area contributed by atoms with Crippen LogP contribution in [0.15, 0.2) is 24.3 Å². The molecular formula is C12H16FN7. The fourth-order valence-electron chi connectivity index (χ4n) is 1.49. The summed E-state index contributed by atoms with van der Waals surface area (Å²) in [5.74, 6) is 6.20. The molecule has 0 amide bonds. The van der Waals surface area contributed by atoms with Crippen LogP contribution in [0.5, 0.6) is 0 Å². The molecular weight excluding hydrogens is 261 g/mol. The second kappa shape index (κ2) is 6.11. The summed E-state index contributed by atoms with van der Waals surface area (Å²) in [5.41, 5.74) is 3.31. The van der Waals surface area contributed by atoms with E-state index in [1.165, 1.54) is 12.1 Å². The van der Waals surface area contributed by atoms with Crippen molar-refractivity contribution in [2.75, 3.05) is 29.7 Å². The van der Waals surface area contributed by atoms with E-state index < -0.39 is 0 Å². The molecule has 0 saturated carbocycles. The van der Waals surface area contributed by atoms with Gasteiger partial charge in [-0.2, -0.15) is 15.0 Å². The highest BCUT2D eigenvalue weighted by Gasteiger charge is 2.07. The summed E-state index contributed by atoms with van der Waals surface area (Å²) >= 11 is 0. The lowest BCUT2D eigenvalue weighted by atomic mass is 10.2. The summed E-state index contributed by atoms with van der Waals surface area (Å²) in [5, 5.41) is 3.04. The molecule has 0 aliphatic heterocycles. The van der Waals surface area contributed by atoms with E-state index in [4.69, 9.17) is 5.84 Å². The predicted molar refractivity (Wildman–Crippen MR) is 75.7 cm³/mol. The van der Waals surface area contributed by atoms with Gasteiger partial charge in [-0.3, -0.25) is 5.43 Å². The van der Waals surface area contributed by atoms with E-state index >= 15 is 0 Å². The van der Waals surface area contributed by atoms with E-state index in [-0.39, 0.29) is 11.8 Å². The van der Waals surface area contributed by atoms with Gasteiger partial charge in [0.1, 0.15) is 5.82 Å². The molecule has 0 spiro atoms. The number of rotatable bonds is 5. The first-order chi connectivity index (χ1) is 9.58. The Balaban J connectivity index is 2.12. The highest BCUT2D eigenvalue weighted by Crippen LogP contribution is 2.12. The van der Waals surface area contributed by atoms with E-state index in [1.54, 1.807) is 17.0 Å². The van der Waals surface area contributed by atoms with Crippen LogP contribution >= 0.6 is 0 Å². The number of anilines is 3. The van der Waals surface area contributed by atoms with E-state index in [1.807, 2.05) is 14.1 Å². The number of hydrazine groups is 1. The molecule has 0 fully saturated rings. The Hall–Kier alpha value is -2.48. The van der Waals surface area contributed by atoms with Crippen molar-refractivity contribution >= 4 is 17.8 Å². The van der Waals surface area contributed by atoms with Gasteiger partial charge in [-0.05, 0) is 17.7 Å². The Kier molecular flexibility index (Phi) is 4.26. The van der Waals surface area contributed by atoms with E-state index in [9.17, 15) is 4.39 Å². The summed E-state index contributed by atoms with van der Waals surface area (Å²) in [6.07, 6.45) is 0. The van der Waals surface area contributed by atoms with Crippen LogP contribution in [0.25, 0.3) is 0 Å². The number of nitrogen functional groups attached to an aromatic ring is 1. The third-order valence-corrected chi connectivity index (χ3v) is 2.52. The number of hydrogen-bond donors (Lipinski definition) is 3. The minimum atomic E-state index is -0.265. The fraction of sp³-hybridized carbons (Fsp3) is 0.250. The number of benzene rings is 1. The van der Waals surface area contributed by atoms with Gasteiger partial charge < -0.3 is 10.2 Å². The maximum atomic E-state index is 12.8. The average molecular weight is 277 g/mol. The maximum absolute atomic E-state index is 12.8. The molecule has 0 aliphatic carbocycles. The monoisotopic (exact) mass is 277 g/mol. The molecule has 106 valence electrons. The predicted octanol–water partition coefficient (Wildman–Crippen LogP) is 0.974. The summed E-state index contributed by atoms with van der Waals surface area (Å²) in [4.78, 5) is 14.2. The van der Waals surface area contributed by atoms with Crippen molar-refractivity contribution in [2.45, 2.75) is 6.54 Å². The molecule has 1 aromatic heterocycles. The SMILES string of the molecule is CN(C)c1nc(NN)nc(NCc2ccc(F)cc2)n1. The smallest absolute Gasteiger partial charge is 0.243 e. The number of nitrogens with two attached hydrogens (primary N) is 1. The Morgan fingerprint density at radius 3 is 2.35 bits per heavy atom. The standard InChI is InChI=1S/C12H16FN7/c1-20(2)12-17-10(16-11(18-12)19-14)15-7-8-3-5-9(13)6-4-8/h3-6H,7,14H2,1-2H3,(H2,15,16,17,18,19). The second-order valence-corrected chi connectivity index (χ2v) is 4.30. The van der Waals surface area contributed by atoms with Crippen molar-refractivity contribution in [1.29, 1.82) is 0 Å². The molecule has 2 rings (SSSR count). The van der Waals surface area contributed by atoms with Crippen molar-refractivity contribution in [3.63, 3.8) is 0 Å². The number of nitrogens with zero attached hydrogens (tertiary/aromatic N) is 4. The Bertz CT molecular complexity index is 571. The molecule has 0 atom stereocenters. The van der Waals surface area contributed by atoms with Gasteiger partial charge in [0.2, 0.25) is 17.8 Å². The molecule has 20 heavy (non-hydrogen) atoms. The van der Waals surface area contributed by atoms with Crippen molar-refractivity contribution in [2.24, 2.45) is 5.84 Å². The van der Waals surface area contributed by atoms with Gasteiger partial charge in [-0.15, -0.1) is 0 Å². The minimum Gasteiger partial charge on any atom is -0.350 e. The first-order valence-corrected chi connectivity index (χ1v) is 5.97. The van der Waals surface area contributed by atoms with Gasteiger partial charge in [0.25, 0.3) is 0 Å². The first-order valence-electron chi connectivity index (χ1n) is 5.97. The van der Waals surface area contributed by atoms with E-state index in [0.717, 1.165) is 5.56 Å². The fourth-order valence-corrected chi connectivity index (χ4v) is 1.49. The normalized spacial score (nSPS) is 10.2. The van der Waals surface area contributed by atoms with Gasteiger partial charge in [0.05, 0.1) is 0 Å². The van der Waals surface area contributed by atoms with Crippen molar-refractivity contribution in [1.82, 2.24) is 15.0 Å². The summed E-state index contributed by atoms with van der Waals surface area (Å²) < 4.78 is 12.8. The third kappa shape index (κ3) is 3.51. The Morgan fingerprint density at radius 1 is 1.10 bits per heavy atom. The quantitative estimate of drug-likeness (QED) is 0.554. The van der Waals surface area contributed by atoms with E-state index in [2.05, 4.69) is 25.7 Å². The summed E-state index contributed by atoms with van der Waals surface area (Å²) in [7, 11) is 3.64. The topological polar surface area (TPSA) is 92.0 Å². The lowest BCUT2D eigenvalue weighted by molar-refractivity contribution is 0.627. The molecule has 7 nitrogen and oxygen atoms in total. The summed E-state index contributed by atoms with van der Waals surface area (Å²) in [6, 6.07) is 6.20. The number of halogens is 1. The van der Waals surface area contributed by atoms with Crippen molar-refractivity contribution in [3.05, 3.63) is 35.6 Å². The zero-order valence-corrected chi connectivity index (χ0v) is 11.3. The zero-order valence-electron chi connectivity index (χ0n) is 11.3. The second-order valence-electron chi connectivity index (χ2n) is 4.30. The average Bonchev–Trinajstić information content (AvgIpc) is 2.46. The van der Waals surface area contributed by atoms with E-state index in [0.29, 0.717) is 18.4 Å². The van der Waals surface area contributed by atoms with Crippen LogP contribution in [0, 0.1) is 5.82 Å².